The minimum absolute atomic E-state index is 0.0325. The summed E-state index contributed by atoms with van der Waals surface area (Å²) in [4.78, 5) is 38.2. The van der Waals surface area contributed by atoms with Crippen molar-refractivity contribution in [1.29, 1.82) is 0 Å². The molecule has 0 radical (unpaired) electrons. The topological polar surface area (TPSA) is 82.3 Å². The SMILES string of the molecule is O=C(Cn1c(=O)n(-c2ccccc2)c(=O)c2sccc21)NC[C@@H]1CCCO1. The van der Waals surface area contributed by atoms with E-state index in [9.17, 15) is 14.4 Å². The Morgan fingerprint density at radius 2 is 2.04 bits per heavy atom. The molecule has 1 aromatic carbocycles. The monoisotopic (exact) mass is 385 g/mol. The Labute approximate surface area is 158 Å². The molecule has 7 nitrogen and oxygen atoms in total. The number of nitrogens with one attached hydrogen (secondary N) is 1. The lowest BCUT2D eigenvalue weighted by atomic mass is 10.2. The van der Waals surface area contributed by atoms with Gasteiger partial charge in [0.25, 0.3) is 5.56 Å². The molecule has 1 saturated heterocycles. The summed E-state index contributed by atoms with van der Waals surface area (Å²) < 4.78 is 8.42. The van der Waals surface area contributed by atoms with Crippen LogP contribution in [0.4, 0.5) is 0 Å². The standard InChI is InChI=1S/C19H19N3O4S/c23-16(20-11-14-7-4-9-26-14)12-21-15-8-10-27-17(15)18(24)22(19(21)25)13-5-2-1-3-6-13/h1-3,5-6,8,10,14H,4,7,9,11-12H2,(H,20,23)/t14-/m0/s1. The van der Waals surface area contributed by atoms with Crippen LogP contribution in [0.3, 0.4) is 0 Å². The lowest BCUT2D eigenvalue weighted by Crippen LogP contribution is -2.42. The summed E-state index contributed by atoms with van der Waals surface area (Å²) in [7, 11) is 0. The summed E-state index contributed by atoms with van der Waals surface area (Å²) in [6, 6.07) is 10.4. The molecule has 0 spiro atoms. The van der Waals surface area contributed by atoms with Gasteiger partial charge in [-0.15, -0.1) is 11.3 Å². The molecule has 27 heavy (non-hydrogen) atoms. The van der Waals surface area contributed by atoms with Gasteiger partial charge in [0.1, 0.15) is 11.2 Å². The summed E-state index contributed by atoms with van der Waals surface area (Å²) >= 11 is 1.26. The molecular weight excluding hydrogens is 366 g/mol. The van der Waals surface area contributed by atoms with Gasteiger partial charge < -0.3 is 10.1 Å². The Hall–Kier alpha value is -2.71. The fraction of sp³-hybridized carbons (Fsp3) is 0.316. The summed E-state index contributed by atoms with van der Waals surface area (Å²) in [5.41, 5.74) is 0.0716. The van der Waals surface area contributed by atoms with Gasteiger partial charge in [-0.2, -0.15) is 0 Å². The number of hydrogen-bond donors (Lipinski definition) is 1. The number of rotatable bonds is 5. The summed E-state index contributed by atoms with van der Waals surface area (Å²) in [5, 5.41) is 4.57. The van der Waals surface area contributed by atoms with Gasteiger partial charge in [-0.25, -0.2) is 9.36 Å². The highest BCUT2D eigenvalue weighted by molar-refractivity contribution is 7.17. The lowest BCUT2D eigenvalue weighted by Gasteiger charge is -2.14. The van der Waals surface area contributed by atoms with E-state index < -0.39 is 5.69 Å². The van der Waals surface area contributed by atoms with Gasteiger partial charge in [0.15, 0.2) is 0 Å². The largest absolute Gasteiger partial charge is 0.376 e. The van der Waals surface area contributed by atoms with Crippen molar-refractivity contribution in [2.24, 2.45) is 0 Å². The Bertz CT molecular complexity index is 1080. The number of amides is 1. The number of carbonyl (C=O) groups is 1. The first-order valence-corrected chi connectivity index (χ1v) is 9.70. The predicted molar refractivity (Wildman–Crippen MR) is 104 cm³/mol. The highest BCUT2D eigenvalue weighted by atomic mass is 32.1. The molecule has 3 heterocycles. The molecule has 1 aliphatic heterocycles. The van der Waals surface area contributed by atoms with E-state index in [1.807, 2.05) is 6.07 Å². The zero-order valence-electron chi connectivity index (χ0n) is 14.6. The Morgan fingerprint density at radius 1 is 1.22 bits per heavy atom. The van der Waals surface area contributed by atoms with E-state index in [-0.39, 0.29) is 24.1 Å². The average molecular weight is 385 g/mol. The van der Waals surface area contributed by atoms with Crippen LogP contribution in [0.1, 0.15) is 12.8 Å². The minimum atomic E-state index is -0.524. The number of nitrogens with zero attached hydrogens (tertiary/aromatic N) is 2. The molecule has 1 atom stereocenters. The zero-order chi connectivity index (χ0) is 18.8. The second kappa shape index (κ2) is 7.50. The molecule has 0 saturated carbocycles. The first-order chi connectivity index (χ1) is 13.1. The van der Waals surface area contributed by atoms with Gasteiger partial charge in [0.2, 0.25) is 5.91 Å². The van der Waals surface area contributed by atoms with Gasteiger partial charge in [-0.05, 0) is 36.4 Å². The van der Waals surface area contributed by atoms with Crippen LogP contribution in [0, 0.1) is 0 Å². The van der Waals surface area contributed by atoms with Gasteiger partial charge in [-0.3, -0.25) is 14.2 Å². The van der Waals surface area contributed by atoms with Crippen LogP contribution in [0.5, 0.6) is 0 Å². The van der Waals surface area contributed by atoms with E-state index in [4.69, 9.17) is 4.74 Å². The van der Waals surface area contributed by atoms with E-state index >= 15 is 0 Å². The molecule has 3 aromatic rings. The summed E-state index contributed by atoms with van der Waals surface area (Å²) in [6.07, 6.45) is 1.95. The number of aromatic nitrogens is 2. The minimum Gasteiger partial charge on any atom is -0.376 e. The number of ether oxygens (including phenoxy) is 1. The first kappa shape index (κ1) is 17.7. The molecule has 0 aliphatic carbocycles. The highest BCUT2D eigenvalue weighted by Crippen LogP contribution is 2.16. The fourth-order valence-electron chi connectivity index (χ4n) is 3.28. The van der Waals surface area contributed by atoms with E-state index in [0.717, 1.165) is 24.0 Å². The van der Waals surface area contributed by atoms with Crippen LogP contribution >= 0.6 is 11.3 Å². The Morgan fingerprint density at radius 3 is 2.78 bits per heavy atom. The van der Waals surface area contributed by atoms with Crippen LogP contribution in [0.25, 0.3) is 15.9 Å². The molecule has 1 amide bonds. The maximum Gasteiger partial charge on any atom is 0.336 e. The molecule has 140 valence electrons. The fourth-order valence-corrected chi connectivity index (χ4v) is 4.10. The maximum atomic E-state index is 13.0. The average Bonchev–Trinajstić information content (AvgIpc) is 3.36. The number of benzene rings is 1. The lowest BCUT2D eigenvalue weighted by molar-refractivity contribution is -0.122. The van der Waals surface area contributed by atoms with Crippen LogP contribution in [0.2, 0.25) is 0 Å². The number of carbonyl (C=O) groups excluding carboxylic acids is 1. The van der Waals surface area contributed by atoms with E-state index in [1.165, 1.54) is 15.9 Å². The van der Waals surface area contributed by atoms with Crippen LogP contribution in [-0.2, 0) is 16.1 Å². The molecule has 0 bridgehead atoms. The zero-order valence-corrected chi connectivity index (χ0v) is 15.4. The van der Waals surface area contributed by atoms with Crippen molar-refractivity contribution in [3.8, 4) is 5.69 Å². The summed E-state index contributed by atoms with van der Waals surface area (Å²) in [5.74, 6) is -0.279. The highest BCUT2D eigenvalue weighted by Gasteiger charge is 2.19. The van der Waals surface area contributed by atoms with Crippen molar-refractivity contribution in [2.45, 2.75) is 25.5 Å². The normalized spacial score (nSPS) is 16.7. The van der Waals surface area contributed by atoms with Crippen molar-refractivity contribution in [2.75, 3.05) is 13.2 Å². The van der Waals surface area contributed by atoms with Crippen LogP contribution < -0.4 is 16.6 Å². The number of hydrogen-bond acceptors (Lipinski definition) is 5. The van der Waals surface area contributed by atoms with E-state index in [1.54, 1.807) is 35.7 Å². The second-order valence-electron chi connectivity index (χ2n) is 6.42. The third-order valence-electron chi connectivity index (χ3n) is 4.62. The second-order valence-corrected chi connectivity index (χ2v) is 7.34. The molecule has 1 aliphatic rings. The van der Waals surface area contributed by atoms with Crippen LogP contribution in [-0.4, -0.2) is 34.3 Å². The molecule has 1 N–H and O–H groups in total. The van der Waals surface area contributed by atoms with Gasteiger partial charge in [0.05, 0.1) is 17.3 Å². The number of fused-ring (bicyclic) bond motifs is 1. The van der Waals surface area contributed by atoms with Gasteiger partial charge in [0, 0.05) is 13.2 Å². The van der Waals surface area contributed by atoms with Gasteiger partial charge >= 0.3 is 5.69 Å². The van der Waals surface area contributed by atoms with Crippen molar-refractivity contribution >= 4 is 27.5 Å². The van der Waals surface area contributed by atoms with E-state index in [2.05, 4.69) is 5.32 Å². The molecule has 0 unspecified atom stereocenters. The van der Waals surface area contributed by atoms with Crippen molar-refractivity contribution < 1.29 is 9.53 Å². The third kappa shape index (κ3) is 3.45. The third-order valence-corrected chi connectivity index (χ3v) is 5.51. The summed E-state index contributed by atoms with van der Waals surface area (Å²) in [6.45, 7) is 1.00. The van der Waals surface area contributed by atoms with Crippen LogP contribution in [0.15, 0.2) is 51.4 Å². The Balaban J connectivity index is 1.69. The molecule has 1 fully saturated rings. The van der Waals surface area contributed by atoms with Crippen molar-refractivity contribution in [3.05, 3.63) is 62.6 Å². The maximum absolute atomic E-state index is 13.0. The van der Waals surface area contributed by atoms with Crippen molar-refractivity contribution in [3.63, 3.8) is 0 Å². The van der Waals surface area contributed by atoms with E-state index in [0.29, 0.717) is 22.4 Å². The molecular formula is C19H19N3O4S. The quantitative estimate of drug-likeness (QED) is 0.722. The number of thiophene rings is 1. The molecule has 8 heteroatoms. The molecule has 2 aromatic heterocycles. The van der Waals surface area contributed by atoms with Gasteiger partial charge in [-0.1, -0.05) is 18.2 Å². The predicted octanol–water partition coefficient (Wildman–Crippen LogP) is 1.51. The first-order valence-electron chi connectivity index (χ1n) is 8.82. The smallest absolute Gasteiger partial charge is 0.336 e. The Kier molecular flexibility index (Phi) is 4.91. The number of para-hydroxylation sites is 1. The molecule has 4 rings (SSSR count). The van der Waals surface area contributed by atoms with Crippen molar-refractivity contribution in [1.82, 2.24) is 14.5 Å².